The van der Waals surface area contributed by atoms with E-state index < -0.39 is 5.60 Å². The summed E-state index contributed by atoms with van der Waals surface area (Å²) >= 11 is 5.88. The fourth-order valence-electron chi connectivity index (χ4n) is 1.68. The monoisotopic (exact) mass is 231 g/mol. The van der Waals surface area contributed by atoms with Crippen LogP contribution in [-0.4, -0.2) is 25.3 Å². The van der Waals surface area contributed by atoms with Gasteiger partial charge in [-0.2, -0.15) is 0 Å². The molecule has 0 amide bonds. The lowest BCUT2D eigenvalue weighted by Crippen LogP contribution is -2.28. The molecule has 1 aromatic heterocycles. The molecule has 0 radical (unpaired) electrons. The summed E-state index contributed by atoms with van der Waals surface area (Å²) in [6.45, 7) is 3.01. The number of methoxy groups -OCH3 is 1. The Bertz CT molecular complexity index is 331. The fraction of sp³-hybridized carbons (Fsp3) is 0.700. The van der Waals surface area contributed by atoms with Crippen LogP contribution in [0.15, 0.2) is 10.6 Å². The summed E-state index contributed by atoms with van der Waals surface area (Å²) in [6.07, 6.45) is 2.46. The molecule has 5 heteroatoms. The number of ether oxygens (including phenoxy) is 2. The van der Waals surface area contributed by atoms with E-state index >= 15 is 0 Å². The summed E-state index contributed by atoms with van der Waals surface area (Å²) in [7, 11) is 1.65. The van der Waals surface area contributed by atoms with Crippen molar-refractivity contribution in [2.45, 2.75) is 24.3 Å². The van der Waals surface area contributed by atoms with Crippen molar-refractivity contribution in [3.63, 3.8) is 0 Å². The number of hydrogen-bond donors (Lipinski definition) is 0. The molecule has 0 bridgehead atoms. The van der Waals surface area contributed by atoms with E-state index in [4.69, 9.17) is 25.5 Å². The van der Waals surface area contributed by atoms with Crippen LogP contribution in [0.25, 0.3) is 0 Å². The average molecular weight is 232 g/mol. The Balaban J connectivity index is 2.27. The van der Waals surface area contributed by atoms with E-state index in [1.807, 2.05) is 6.92 Å². The zero-order valence-electron chi connectivity index (χ0n) is 8.83. The van der Waals surface area contributed by atoms with E-state index in [9.17, 15) is 0 Å². The summed E-state index contributed by atoms with van der Waals surface area (Å²) in [4.78, 5) is 4.12. The van der Waals surface area contributed by atoms with Crippen LogP contribution in [0.5, 0.6) is 0 Å². The second-order valence-corrected chi connectivity index (χ2v) is 4.33. The third kappa shape index (κ3) is 1.89. The smallest absolute Gasteiger partial charge is 0.212 e. The molecule has 2 unspecified atom stereocenters. The first kappa shape index (κ1) is 10.9. The number of hydrogen-bond acceptors (Lipinski definition) is 4. The summed E-state index contributed by atoms with van der Waals surface area (Å²) in [6, 6.07) is 0. The predicted octanol–water partition coefficient (Wildman–Crippen LogP) is 2.24. The van der Waals surface area contributed by atoms with Crippen molar-refractivity contribution < 1.29 is 13.9 Å². The molecule has 1 fully saturated rings. The molecule has 1 aliphatic rings. The molecule has 2 heterocycles. The molecule has 0 aromatic carbocycles. The molecular weight excluding hydrogens is 218 g/mol. The van der Waals surface area contributed by atoms with Gasteiger partial charge < -0.3 is 13.9 Å². The third-order valence-corrected chi connectivity index (χ3v) is 2.88. The lowest BCUT2D eigenvalue weighted by atomic mass is 10.0. The van der Waals surface area contributed by atoms with E-state index in [0.717, 1.165) is 6.42 Å². The second kappa shape index (κ2) is 4.12. The third-order valence-electron chi connectivity index (χ3n) is 2.69. The summed E-state index contributed by atoms with van der Waals surface area (Å²) in [5.74, 6) is 1.22. The Morgan fingerprint density at radius 2 is 2.47 bits per heavy atom. The number of oxazole rings is 1. The van der Waals surface area contributed by atoms with Gasteiger partial charge in [-0.15, -0.1) is 11.6 Å². The van der Waals surface area contributed by atoms with Gasteiger partial charge in [0.1, 0.15) is 5.38 Å². The van der Waals surface area contributed by atoms with E-state index in [1.165, 1.54) is 0 Å². The van der Waals surface area contributed by atoms with Crippen LogP contribution in [0.2, 0.25) is 0 Å². The molecule has 1 aromatic rings. The van der Waals surface area contributed by atoms with Gasteiger partial charge in [-0.3, -0.25) is 0 Å². The van der Waals surface area contributed by atoms with E-state index in [2.05, 4.69) is 4.98 Å². The van der Waals surface area contributed by atoms with Crippen LogP contribution < -0.4 is 0 Å². The molecule has 84 valence electrons. The van der Waals surface area contributed by atoms with Gasteiger partial charge >= 0.3 is 0 Å². The van der Waals surface area contributed by atoms with Gasteiger partial charge in [0.2, 0.25) is 5.89 Å². The zero-order valence-corrected chi connectivity index (χ0v) is 9.58. The SMILES string of the molecule is COC1(c2cnc(C(C)Cl)o2)CCOC1. The van der Waals surface area contributed by atoms with Gasteiger partial charge in [0, 0.05) is 13.5 Å². The van der Waals surface area contributed by atoms with Gasteiger partial charge in [-0.05, 0) is 6.92 Å². The van der Waals surface area contributed by atoms with Crippen LogP contribution in [0, 0.1) is 0 Å². The van der Waals surface area contributed by atoms with Crippen molar-refractivity contribution in [1.29, 1.82) is 0 Å². The molecule has 1 saturated heterocycles. The minimum atomic E-state index is -0.475. The second-order valence-electron chi connectivity index (χ2n) is 3.68. The summed E-state index contributed by atoms with van der Waals surface area (Å²) < 4.78 is 16.4. The highest BCUT2D eigenvalue weighted by Crippen LogP contribution is 2.35. The Kier molecular flexibility index (Phi) is 3.00. The molecule has 0 aliphatic carbocycles. The molecule has 0 N–H and O–H groups in total. The van der Waals surface area contributed by atoms with E-state index in [1.54, 1.807) is 13.3 Å². The highest BCUT2D eigenvalue weighted by Gasteiger charge is 2.40. The van der Waals surface area contributed by atoms with Crippen molar-refractivity contribution in [2.24, 2.45) is 0 Å². The maximum atomic E-state index is 5.88. The average Bonchev–Trinajstić information content (AvgIpc) is 2.87. The first-order valence-electron chi connectivity index (χ1n) is 4.91. The van der Waals surface area contributed by atoms with Crippen molar-refractivity contribution in [1.82, 2.24) is 4.98 Å². The lowest BCUT2D eigenvalue weighted by molar-refractivity contribution is -0.0375. The van der Waals surface area contributed by atoms with Gasteiger partial charge in [-0.25, -0.2) is 4.98 Å². The highest BCUT2D eigenvalue weighted by molar-refractivity contribution is 6.20. The molecule has 4 nitrogen and oxygen atoms in total. The highest BCUT2D eigenvalue weighted by atomic mass is 35.5. The first-order valence-corrected chi connectivity index (χ1v) is 5.35. The molecule has 2 atom stereocenters. The molecule has 1 aliphatic heterocycles. The van der Waals surface area contributed by atoms with Crippen molar-refractivity contribution in [3.8, 4) is 0 Å². The quantitative estimate of drug-likeness (QED) is 0.749. The van der Waals surface area contributed by atoms with Crippen molar-refractivity contribution in [3.05, 3.63) is 17.8 Å². The molecule has 15 heavy (non-hydrogen) atoms. The van der Waals surface area contributed by atoms with Crippen LogP contribution >= 0.6 is 11.6 Å². The van der Waals surface area contributed by atoms with Gasteiger partial charge in [0.05, 0.1) is 19.4 Å². The zero-order chi connectivity index (χ0) is 10.9. The largest absolute Gasteiger partial charge is 0.441 e. The minimum absolute atomic E-state index is 0.227. The van der Waals surface area contributed by atoms with Gasteiger partial charge in [-0.1, -0.05) is 0 Å². The Morgan fingerprint density at radius 1 is 1.67 bits per heavy atom. The van der Waals surface area contributed by atoms with Crippen LogP contribution in [0.1, 0.15) is 30.4 Å². The van der Waals surface area contributed by atoms with Crippen LogP contribution in [0.4, 0.5) is 0 Å². The maximum Gasteiger partial charge on any atom is 0.212 e. The molecule has 2 rings (SSSR count). The summed E-state index contributed by atoms with van der Waals surface area (Å²) in [5, 5.41) is -0.227. The standard InChI is InChI=1S/C10H14ClNO3/c1-7(11)9-12-5-8(15-9)10(13-2)3-4-14-6-10/h5,7H,3-4,6H2,1-2H3. The summed E-state index contributed by atoms with van der Waals surface area (Å²) in [5.41, 5.74) is -0.475. The Morgan fingerprint density at radius 3 is 2.93 bits per heavy atom. The molecule has 0 spiro atoms. The number of halogens is 1. The Labute approximate surface area is 93.5 Å². The lowest BCUT2D eigenvalue weighted by Gasteiger charge is -2.22. The van der Waals surface area contributed by atoms with Crippen LogP contribution in [0.3, 0.4) is 0 Å². The van der Waals surface area contributed by atoms with Gasteiger partial charge in [0.25, 0.3) is 0 Å². The number of alkyl halides is 1. The van der Waals surface area contributed by atoms with Crippen molar-refractivity contribution in [2.75, 3.05) is 20.3 Å². The Hall–Kier alpha value is -0.580. The fourth-order valence-corrected chi connectivity index (χ4v) is 1.79. The molecule has 0 saturated carbocycles. The number of rotatable bonds is 3. The molecular formula is C10H14ClNO3. The predicted molar refractivity (Wildman–Crippen MR) is 54.9 cm³/mol. The van der Waals surface area contributed by atoms with Crippen molar-refractivity contribution >= 4 is 11.6 Å². The van der Waals surface area contributed by atoms with Gasteiger partial charge in [0.15, 0.2) is 11.4 Å². The maximum absolute atomic E-state index is 5.88. The van der Waals surface area contributed by atoms with E-state index in [-0.39, 0.29) is 5.38 Å². The minimum Gasteiger partial charge on any atom is -0.441 e. The topological polar surface area (TPSA) is 44.5 Å². The number of aromatic nitrogens is 1. The van der Waals surface area contributed by atoms with Crippen LogP contribution in [-0.2, 0) is 15.1 Å². The van der Waals surface area contributed by atoms with E-state index in [0.29, 0.717) is 24.9 Å². The number of nitrogens with zero attached hydrogens (tertiary/aromatic N) is 1. The first-order chi connectivity index (χ1) is 7.18. The normalized spacial score (nSPS) is 28.2.